The topological polar surface area (TPSA) is 55.9 Å². The Bertz CT molecular complexity index is 925. The van der Waals surface area contributed by atoms with E-state index in [0.717, 1.165) is 37.4 Å². The van der Waals surface area contributed by atoms with Crippen molar-refractivity contribution in [2.24, 2.45) is 0 Å². The first-order valence-corrected chi connectivity index (χ1v) is 9.94. The Balaban J connectivity index is 1.26. The maximum atomic E-state index is 13.7. The summed E-state index contributed by atoms with van der Waals surface area (Å²) in [5.74, 6) is -1.04. The lowest BCUT2D eigenvalue weighted by Gasteiger charge is -2.35. The van der Waals surface area contributed by atoms with Gasteiger partial charge in [0.1, 0.15) is 5.82 Å². The Morgan fingerprint density at radius 1 is 1.00 bits per heavy atom. The van der Waals surface area contributed by atoms with E-state index in [4.69, 9.17) is 0 Å². The van der Waals surface area contributed by atoms with E-state index in [2.05, 4.69) is 15.3 Å². The summed E-state index contributed by atoms with van der Waals surface area (Å²) in [5, 5.41) is 2.10. The van der Waals surface area contributed by atoms with Crippen molar-refractivity contribution in [2.75, 3.05) is 44.2 Å². The highest BCUT2D eigenvalue weighted by Gasteiger charge is 2.35. The summed E-state index contributed by atoms with van der Waals surface area (Å²) in [6.07, 6.45) is 0. The molecule has 2 aliphatic heterocycles. The van der Waals surface area contributed by atoms with Crippen LogP contribution in [-0.4, -0.2) is 60.9 Å². The van der Waals surface area contributed by atoms with Crippen LogP contribution in [0.3, 0.4) is 0 Å². The Labute approximate surface area is 169 Å². The molecule has 4 rings (SSSR count). The number of hydrogen-bond acceptors (Lipinski definition) is 5. The third-order valence-electron chi connectivity index (χ3n) is 5.59. The lowest BCUT2D eigenvalue weighted by Crippen LogP contribution is -2.53. The van der Waals surface area contributed by atoms with Crippen molar-refractivity contribution in [3.8, 4) is 0 Å². The molecule has 2 aliphatic rings. The number of carbonyl (C=O) groups is 2. The summed E-state index contributed by atoms with van der Waals surface area (Å²) in [7, 11) is 0. The molecule has 2 heterocycles. The van der Waals surface area contributed by atoms with Crippen molar-refractivity contribution in [3.05, 3.63) is 65.0 Å². The lowest BCUT2D eigenvalue weighted by atomic mass is 10.1. The number of Topliss-reactive ketones (excluding diaryl/α,β-unsaturated/α-hetero) is 1. The van der Waals surface area contributed by atoms with Gasteiger partial charge in [0.15, 0.2) is 0 Å². The quantitative estimate of drug-likeness (QED) is 0.757. The van der Waals surface area contributed by atoms with Gasteiger partial charge in [0, 0.05) is 51.4 Å². The number of nitrogens with zero attached hydrogens (tertiary/aromatic N) is 3. The van der Waals surface area contributed by atoms with Gasteiger partial charge in [0.05, 0.1) is 11.3 Å². The maximum absolute atomic E-state index is 13.7. The number of halogens is 1. The van der Waals surface area contributed by atoms with Crippen molar-refractivity contribution in [1.82, 2.24) is 15.3 Å². The average Bonchev–Trinajstić information content (AvgIpc) is 2.96. The van der Waals surface area contributed by atoms with Gasteiger partial charge in [-0.15, -0.1) is 0 Å². The fraction of sp³-hybridized carbons (Fsp3) is 0.364. The minimum absolute atomic E-state index is 0.195. The monoisotopic (exact) mass is 396 g/mol. The van der Waals surface area contributed by atoms with Crippen LogP contribution in [0.15, 0.2) is 42.5 Å². The van der Waals surface area contributed by atoms with Gasteiger partial charge in [-0.3, -0.25) is 19.9 Å². The summed E-state index contributed by atoms with van der Waals surface area (Å²) >= 11 is 0. The highest BCUT2D eigenvalue weighted by atomic mass is 19.1. The number of rotatable bonds is 6. The Kier molecular flexibility index (Phi) is 5.71. The van der Waals surface area contributed by atoms with Crippen LogP contribution in [0.2, 0.25) is 0 Å². The van der Waals surface area contributed by atoms with Gasteiger partial charge in [0.2, 0.25) is 0 Å². The number of hydrogen-bond donors (Lipinski definition) is 1. The molecule has 29 heavy (non-hydrogen) atoms. The molecule has 1 amide bonds. The molecule has 0 spiro atoms. The van der Waals surface area contributed by atoms with Crippen LogP contribution in [0, 0.1) is 12.7 Å². The minimum atomic E-state index is -0.434. The smallest absolute Gasteiger partial charge is 0.299 e. The van der Waals surface area contributed by atoms with E-state index in [1.54, 1.807) is 23.1 Å². The van der Waals surface area contributed by atoms with Crippen LogP contribution in [-0.2, 0) is 11.3 Å². The fourth-order valence-electron chi connectivity index (χ4n) is 3.85. The number of benzene rings is 2. The molecular formula is C22H25FN4O2. The Morgan fingerprint density at radius 3 is 2.52 bits per heavy atom. The second kappa shape index (κ2) is 8.41. The maximum Gasteiger partial charge on any atom is 0.299 e. The first-order chi connectivity index (χ1) is 14.0. The Morgan fingerprint density at radius 2 is 1.76 bits per heavy atom. The number of fused-ring (bicyclic) bond motifs is 1. The summed E-state index contributed by atoms with van der Waals surface area (Å²) in [5.41, 5.74) is 6.15. The van der Waals surface area contributed by atoms with Crippen molar-refractivity contribution in [2.45, 2.75) is 13.5 Å². The van der Waals surface area contributed by atoms with E-state index in [0.29, 0.717) is 30.8 Å². The number of nitrogens with one attached hydrogen (secondary N) is 1. The normalized spacial score (nSPS) is 17.8. The number of ketones is 1. The average molecular weight is 396 g/mol. The molecule has 0 atom stereocenters. The van der Waals surface area contributed by atoms with E-state index >= 15 is 0 Å². The molecule has 0 bridgehead atoms. The predicted octanol–water partition coefficient (Wildman–Crippen LogP) is 1.99. The summed E-state index contributed by atoms with van der Waals surface area (Å²) in [6.45, 7) is 6.93. The van der Waals surface area contributed by atoms with Crippen molar-refractivity contribution in [1.29, 1.82) is 0 Å². The van der Waals surface area contributed by atoms with Gasteiger partial charge in [-0.1, -0.05) is 29.8 Å². The molecule has 1 saturated heterocycles. The third-order valence-corrected chi connectivity index (χ3v) is 5.59. The summed E-state index contributed by atoms with van der Waals surface area (Å²) < 4.78 is 13.7. The van der Waals surface area contributed by atoms with E-state index in [1.807, 2.05) is 25.1 Å². The van der Waals surface area contributed by atoms with Gasteiger partial charge in [-0.05, 0) is 25.1 Å². The zero-order chi connectivity index (χ0) is 20.4. The van der Waals surface area contributed by atoms with E-state index in [-0.39, 0.29) is 5.82 Å². The third kappa shape index (κ3) is 4.22. The van der Waals surface area contributed by atoms with Crippen molar-refractivity contribution >= 4 is 17.4 Å². The molecule has 1 N–H and O–H groups in total. The summed E-state index contributed by atoms with van der Waals surface area (Å²) in [6, 6.07) is 12.4. The fourth-order valence-corrected chi connectivity index (χ4v) is 3.85. The molecule has 0 aliphatic carbocycles. The molecule has 2 aromatic carbocycles. The number of piperazine rings is 1. The molecule has 0 unspecified atom stereocenters. The van der Waals surface area contributed by atoms with E-state index in [9.17, 15) is 14.0 Å². The zero-order valence-electron chi connectivity index (χ0n) is 16.5. The van der Waals surface area contributed by atoms with Gasteiger partial charge in [-0.2, -0.15) is 0 Å². The SMILES string of the molecule is Cc1ccc2c(c1)C(=O)C(=O)N2CCN1CCN(NCc2ccccc2F)CC1. The van der Waals surface area contributed by atoms with Crippen LogP contribution in [0.25, 0.3) is 0 Å². The van der Waals surface area contributed by atoms with Gasteiger partial charge < -0.3 is 4.90 Å². The molecule has 6 nitrogen and oxygen atoms in total. The van der Waals surface area contributed by atoms with Crippen LogP contribution in [0.4, 0.5) is 10.1 Å². The molecular weight excluding hydrogens is 371 g/mol. The van der Waals surface area contributed by atoms with Gasteiger partial charge >= 0.3 is 0 Å². The zero-order valence-corrected chi connectivity index (χ0v) is 16.5. The molecule has 0 radical (unpaired) electrons. The first kappa shape index (κ1) is 19.7. The predicted molar refractivity (Wildman–Crippen MR) is 109 cm³/mol. The molecule has 0 saturated carbocycles. The highest BCUT2D eigenvalue weighted by Crippen LogP contribution is 2.29. The number of anilines is 1. The highest BCUT2D eigenvalue weighted by molar-refractivity contribution is 6.52. The van der Waals surface area contributed by atoms with Crippen molar-refractivity contribution in [3.63, 3.8) is 0 Å². The number of carbonyl (C=O) groups excluding carboxylic acids is 2. The molecule has 152 valence electrons. The van der Waals surface area contributed by atoms with Crippen LogP contribution < -0.4 is 10.3 Å². The number of aryl methyl sites for hydroxylation is 1. The van der Waals surface area contributed by atoms with Crippen LogP contribution in [0.1, 0.15) is 21.5 Å². The van der Waals surface area contributed by atoms with Gasteiger partial charge in [0.25, 0.3) is 11.7 Å². The molecule has 7 heteroatoms. The second-order valence-electron chi connectivity index (χ2n) is 7.56. The van der Waals surface area contributed by atoms with Gasteiger partial charge in [-0.25, -0.2) is 9.40 Å². The first-order valence-electron chi connectivity index (χ1n) is 9.94. The second-order valence-corrected chi connectivity index (χ2v) is 7.56. The molecule has 2 aromatic rings. The largest absolute Gasteiger partial charge is 0.303 e. The number of amides is 1. The van der Waals surface area contributed by atoms with E-state index in [1.165, 1.54) is 6.07 Å². The summed E-state index contributed by atoms with van der Waals surface area (Å²) in [4.78, 5) is 28.5. The van der Waals surface area contributed by atoms with Crippen LogP contribution >= 0.6 is 0 Å². The van der Waals surface area contributed by atoms with E-state index < -0.39 is 11.7 Å². The van der Waals surface area contributed by atoms with Crippen molar-refractivity contribution < 1.29 is 14.0 Å². The minimum Gasteiger partial charge on any atom is -0.303 e. The lowest BCUT2D eigenvalue weighted by molar-refractivity contribution is -0.114. The standard InChI is InChI=1S/C22H25FN4O2/c1-16-6-7-20-18(14-16)21(28)22(29)27(20)13-10-25-8-11-26(12-9-25)24-15-17-4-2-3-5-19(17)23/h2-7,14,24H,8-13,15H2,1H3. The molecule has 1 fully saturated rings. The van der Waals surface area contributed by atoms with Crippen LogP contribution in [0.5, 0.6) is 0 Å². The molecule has 0 aromatic heterocycles. The number of hydrazine groups is 1. The Hall–Kier alpha value is -2.61.